The highest BCUT2D eigenvalue weighted by atomic mass is 32.1. The van der Waals surface area contributed by atoms with Gasteiger partial charge in [0.05, 0.1) is 30.5 Å². The third-order valence-corrected chi connectivity index (χ3v) is 8.12. The number of nitrogens with one attached hydrogen (secondary N) is 1. The number of para-hydroxylation sites is 1. The summed E-state index contributed by atoms with van der Waals surface area (Å²) in [5.41, 5.74) is 5.07. The fourth-order valence-electron chi connectivity index (χ4n) is 4.25. The second kappa shape index (κ2) is 12.1. The molecule has 8 heteroatoms. The van der Waals surface area contributed by atoms with Gasteiger partial charge in [-0.1, -0.05) is 71.5 Å². The Bertz CT molecular complexity index is 1620. The molecular formula is C31H29N3O3S2. The molecule has 1 amide bonds. The van der Waals surface area contributed by atoms with E-state index in [1.54, 1.807) is 14.2 Å². The number of rotatable bonds is 9. The number of aromatic nitrogens is 1. The molecule has 1 N–H and O–H groups in total. The molecule has 2 aromatic heterocycles. The van der Waals surface area contributed by atoms with Crippen LogP contribution in [-0.4, -0.2) is 24.7 Å². The van der Waals surface area contributed by atoms with Gasteiger partial charge in [0.25, 0.3) is 5.91 Å². The first kappa shape index (κ1) is 26.5. The molecule has 0 unspecified atom stereocenters. The van der Waals surface area contributed by atoms with Gasteiger partial charge in [0, 0.05) is 12.1 Å². The van der Waals surface area contributed by atoms with Gasteiger partial charge in [-0.15, -0.1) is 11.3 Å². The quantitative estimate of drug-likeness (QED) is 0.207. The average molecular weight is 556 g/mol. The first-order valence-electron chi connectivity index (χ1n) is 12.5. The Balaban J connectivity index is 1.62. The number of thiophene rings is 1. The molecule has 39 heavy (non-hydrogen) atoms. The Labute approximate surface area is 235 Å². The number of hydrogen-bond donors (Lipinski definition) is 1. The predicted octanol–water partition coefficient (Wildman–Crippen LogP) is 7.33. The number of aryl methyl sites for hydroxylation is 2. The van der Waals surface area contributed by atoms with E-state index in [-0.39, 0.29) is 5.91 Å². The van der Waals surface area contributed by atoms with Gasteiger partial charge in [-0.05, 0) is 54.6 Å². The lowest BCUT2D eigenvalue weighted by molar-refractivity contribution is 0.103. The molecule has 0 saturated carbocycles. The number of anilines is 1. The lowest BCUT2D eigenvalue weighted by atomic mass is 10.1. The molecular weight excluding hydrogens is 526 g/mol. The van der Waals surface area contributed by atoms with Gasteiger partial charge in [0.2, 0.25) is 0 Å². The summed E-state index contributed by atoms with van der Waals surface area (Å²) in [6, 6.07) is 27.9. The molecule has 0 spiro atoms. The summed E-state index contributed by atoms with van der Waals surface area (Å²) in [5, 5.41) is 5.85. The van der Waals surface area contributed by atoms with Crippen LogP contribution < -0.4 is 19.6 Å². The number of nitrogens with zero attached hydrogens (tertiary/aromatic N) is 2. The van der Waals surface area contributed by atoms with E-state index >= 15 is 0 Å². The summed E-state index contributed by atoms with van der Waals surface area (Å²) in [5.74, 6) is 1.27. The van der Waals surface area contributed by atoms with Gasteiger partial charge < -0.3 is 19.4 Å². The SMILES string of the molecule is COc1ccc(CCn2c(-c3ccc(C)cc3)c(NC(=O)c3cccs3)sc2=Nc2ccccc2)cc1OC. The molecule has 0 aliphatic carbocycles. The molecule has 2 heterocycles. The van der Waals surface area contributed by atoms with Gasteiger partial charge in [-0.3, -0.25) is 4.79 Å². The predicted molar refractivity (Wildman–Crippen MR) is 160 cm³/mol. The number of methoxy groups -OCH3 is 2. The molecule has 0 radical (unpaired) electrons. The summed E-state index contributed by atoms with van der Waals surface area (Å²) in [4.78, 5) is 19.6. The van der Waals surface area contributed by atoms with E-state index in [0.717, 1.165) is 38.7 Å². The Kier molecular flexibility index (Phi) is 8.24. The Morgan fingerprint density at radius 2 is 1.69 bits per heavy atom. The van der Waals surface area contributed by atoms with Crippen molar-refractivity contribution in [3.8, 4) is 22.8 Å². The van der Waals surface area contributed by atoms with Crippen molar-refractivity contribution in [1.82, 2.24) is 4.57 Å². The molecule has 0 bridgehead atoms. The molecule has 5 rings (SSSR count). The van der Waals surface area contributed by atoms with Crippen LogP contribution in [0.25, 0.3) is 11.3 Å². The number of carbonyl (C=O) groups excluding carboxylic acids is 1. The zero-order valence-electron chi connectivity index (χ0n) is 22.0. The summed E-state index contributed by atoms with van der Waals surface area (Å²) in [6.45, 7) is 2.72. The average Bonchev–Trinajstić information content (AvgIpc) is 3.61. The van der Waals surface area contributed by atoms with Crippen LogP contribution in [0.4, 0.5) is 10.7 Å². The number of thiazole rings is 1. The van der Waals surface area contributed by atoms with Gasteiger partial charge >= 0.3 is 0 Å². The van der Waals surface area contributed by atoms with E-state index < -0.39 is 0 Å². The zero-order valence-corrected chi connectivity index (χ0v) is 23.6. The maximum atomic E-state index is 13.1. The van der Waals surface area contributed by atoms with Crippen LogP contribution in [0.5, 0.6) is 11.5 Å². The number of benzene rings is 3. The summed E-state index contributed by atoms with van der Waals surface area (Å²) < 4.78 is 13.1. The third-order valence-electron chi connectivity index (χ3n) is 6.26. The first-order valence-corrected chi connectivity index (χ1v) is 14.2. The number of hydrogen-bond acceptors (Lipinski definition) is 6. The molecule has 198 valence electrons. The topological polar surface area (TPSA) is 64.8 Å². The van der Waals surface area contributed by atoms with Crippen molar-refractivity contribution in [2.45, 2.75) is 19.9 Å². The molecule has 0 atom stereocenters. The van der Waals surface area contributed by atoms with Crippen molar-refractivity contribution in [2.75, 3.05) is 19.5 Å². The summed E-state index contributed by atoms with van der Waals surface area (Å²) >= 11 is 2.90. The van der Waals surface area contributed by atoms with Crippen LogP contribution in [0.2, 0.25) is 0 Å². The molecule has 6 nitrogen and oxygen atoms in total. The number of ether oxygens (including phenoxy) is 2. The molecule has 0 aliphatic heterocycles. The maximum absolute atomic E-state index is 13.1. The van der Waals surface area contributed by atoms with E-state index in [9.17, 15) is 4.79 Å². The standard InChI is InChI=1S/C31H29N3O3S2/c1-21-11-14-23(15-12-21)28-30(33-29(35)27-10-7-19-38-27)39-31(32-24-8-5-4-6-9-24)34(28)18-17-22-13-16-25(36-2)26(20-22)37-3/h4-16,19-20H,17-18H2,1-3H3,(H,33,35). The Morgan fingerprint density at radius 3 is 2.38 bits per heavy atom. The fourth-order valence-corrected chi connectivity index (χ4v) is 5.96. The van der Waals surface area contributed by atoms with Crippen LogP contribution in [-0.2, 0) is 13.0 Å². The lowest BCUT2D eigenvalue weighted by Gasteiger charge is -2.13. The fraction of sp³-hybridized carbons (Fsp3) is 0.161. The Hall–Kier alpha value is -4.14. The largest absolute Gasteiger partial charge is 0.493 e. The van der Waals surface area contributed by atoms with Crippen LogP contribution in [0.15, 0.2) is 95.3 Å². The minimum Gasteiger partial charge on any atom is -0.493 e. The second-order valence-corrected chi connectivity index (χ2v) is 10.8. The van der Waals surface area contributed by atoms with Gasteiger partial charge in [0.1, 0.15) is 5.00 Å². The highest BCUT2D eigenvalue weighted by Gasteiger charge is 2.19. The number of carbonyl (C=O) groups is 1. The van der Waals surface area contributed by atoms with E-state index in [0.29, 0.717) is 22.9 Å². The van der Waals surface area contributed by atoms with Crippen molar-refractivity contribution >= 4 is 39.3 Å². The Morgan fingerprint density at radius 1 is 0.923 bits per heavy atom. The summed E-state index contributed by atoms with van der Waals surface area (Å²) in [6.07, 6.45) is 0.732. The molecule has 5 aromatic rings. The normalized spacial score (nSPS) is 11.4. The monoisotopic (exact) mass is 555 g/mol. The van der Waals surface area contributed by atoms with Crippen LogP contribution >= 0.6 is 22.7 Å². The number of amides is 1. The van der Waals surface area contributed by atoms with Crippen molar-refractivity contribution in [3.05, 3.63) is 111 Å². The molecule has 0 aliphatic rings. The van der Waals surface area contributed by atoms with Crippen molar-refractivity contribution in [3.63, 3.8) is 0 Å². The van der Waals surface area contributed by atoms with E-state index in [4.69, 9.17) is 14.5 Å². The molecule has 0 saturated heterocycles. The summed E-state index contributed by atoms with van der Waals surface area (Å²) in [7, 11) is 3.28. The molecule has 0 fully saturated rings. The second-order valence-electron chi connectivity index (χ2n) is 8.90. The smallest absolute Gasteiger partial charge is 0.266 e. The van der Waals surface area contributed by atoms with Gasteiger partial charge in [-0.2, -0.15) is 0 Å². The first-order chi connectivity index (χ1) is 19.1. The van der Waals surface area contributed by atoms with Crippen LogP contribution in [0, 0.1) is 6.92 Å². The highest BCUT2D eigenvalue weighted by molar-refractivity contribution is 7.14. The van der Waals surface area contributed by atoms with Gasteiger partial charge in [-0.25, -0.2) is 4.99 Å². The highest BCUT2D eigenvalue weighted by Crippen LogP contribution is 2.33. The maximum Gasteiger partial charge on any atom is 0.266 e. The lowest BCUT2D eigenvalue weighted by Crippen LogP contribution is -2.17. The van der Waals surface area contributed by atoms with Crippen LogP contribution in [0.3, 0.4) is 0 Å². The molecule has 3 aromatic carbocycles. The van der Waals surface area contributed by atoms with E-state index in [1.807, 2.05) is 66.0 Å². The minimum atomic E-state index is -0.127. The zero-order chi connectivity index (χ0) is 27.2. The van der Waals surface area contributed by atoms with Crippen molar-refractivity contribution < 1.29 is 14.3 Å². The van der Waals surface area contributed by atoms with E-state index in [1.165, 1.54) is 28.2 Å². The van der Waals surface area contributed by atoms with E-state index in [2.05, 4.69) is 41.1 Å². The van der Waals surface area contributed by atoms with Crippen molar-refractivity contribution in [2.24, 2.45) is 4.99 Å². The van der Waals surface area contributed by atoms with Crippen LogP contribution in [0.1, 0.15) is 20.8 Å². The minimum absolute atomic E-state index is 0.127. The van der Waals surface area contributed by atoms with Gasteiger partial charge in [0.15, 0.2) is 16.3 Å². The third kappa shape index (κ3) is 6.13. The van der Waals surface area contributed by atoms with Crippen molar-refractivity contribution in [1.29, 1.82) is 0 Å².